The number of hydrogen-bond acceptors (Lipinski definition) is 6. The SMILES string of the molecule is COc1ccc(OC)c(NC(=O)C2=C(C)NC(=S)N[C@@H]2c2cc(OC)ccc2OC)c1. The van der Waals surface area contributed by atoms with Crippen molar-refractivity contribution in [3.05, 3.63) is 53.2 Å². The first-order chi connectivity index (χ1) is 14.9. The minimum atomic E-state index is -0.560. The van der Waals surface area contributed by atoms with Crippen LogP contribution in [0.25, 0.3) is 0 Å². The van der Waals surface area contributed by atoms with Crippen molar-refractivity contribution >= 4 is 28.9 Å². The van der Waals surface area contributed by atoms with Gasteiger partial charge in [0.05, 0.1) is 45.7 Å². The van der Waals surface area contributed by atoms with Gasteiger partial charge in [-0.1, -0.05) is 0 Å². The fourth-order valence-corrected chi connectivity index (χ4v) is 3.67. The lowest BCUT2D eigenvalue weighted by Crippen LogP contribution is -2.45. The van der Waals surface area contributed by atoms with E-state index in [9.17, 15) is 4.79 Å². The second-order valence-corrected chi connectivity index (χ2v) is 7.11. The molecule has 1 amide bonds. The molecule has 0 spiro atoms. The monoisotopic (exact) mass is 443 g/mol. The van der Waals surface area contributed by atoms with E-state index >= 15 is 0 Å². The molecular formula is C22H25N3O5S. The molecule has 1 aliphatic heterocycles. The summed E-state index contributed by atoms with van der Waals surface area (Å²) in [6.45, 7) is 1.80. The Labute approximate surface area is 186 Å². The molecule has 9 heteroatoms. The summed E-state index contributed by atoms with van der Waals surface area (Å²) in [6.07, 6.45) is 0. The standard InChI is InChI=1S/C22H25N3O5S/c1-12-19(21(26)24-16-11-14(28-3)7-9-18(16)30-5)20(25-22(31)23-12)15-10-13(27-2)6-8-17(15)29-4/h6-11,20H,1-5H3,(H,24,26)(H2,23,25,31)/t20-/m1/s1. The van der Waals surface area contributed by atoms with Crippen LogP contribution in [0.3, 0.4) is 0 Å². The number of thiocarbonyl (C=S) groups is 1. The van der Waals surface area contributed by atoms with Gasteiger partial charge in [0.2, 0.25) is 0 Å². The van der Waals surface area contributed by atoms with Crippen LogP contribution in [-0.4, -0.2) is 39.5 Å². The molecule has 0 fully saturated rings. The Balaban J connectivity index is 2.04. The number of ether oxygens (including phenoxy) is 4. The summed E-state index contributed by atoms with van der Waals surface area (Å²) in [5, 5.41) is 9.52. The van der Waals surface area contributed by atoms with Gasteiger partial charge < -0.3 is 34.9 Å². The first-order valence-corrected chi connectivity index (χ1v) is 9.86. The molecule has 2 aromatic carbocycles. The molecule has 0 radical (unpaired) electrons. The van der Waals surface area contributed by atoms with Crippen LogP contribution in [0.1, 0.15) is 18.5 Å². The lowest BCUT2D eigenvalue weighted by Gasteiger charge is -2.31. The van der Waals surface area contributed by atoms with Crippen LogP contribution in [-0.2, 0) is 4.79 Å². The van der Waals surface area contributed by atoms with Gasteiger partial charge in [0, 0.05) is 17.3 Å². The topological polar surface area (TPSA) is 90.1 Å². The Kier molecular flexibility index (Phi) is 6.86. The second kappa shape index (κ2) is 9.57. The number of allylic oxidation sites excluding steroid dienone is 1. The van der Waals surface area contributed by atoms with Crippen molar-refractivity contribution in [3.8, 4) is 23.0 Å². The normalized spacial score (nSPS) is 15.5. The number of amides is 1. The number of nitrogens with one attached hydrogen (secondary N) is 3. The third-order valence-corrected chi connectivity index (χ3v) is 5.14. The van der Waals surface area contributed by atoms with E-state index in [1.54, 1.807) is 58.6 Å². The largest absolute Gasteiger partial charge is 0.497 e. The number of benzene rings is 2. The molecule has 1 heterocycles. The van der Waals surface area contributed by atoms with Gasteiger partial charge in [0.25, 0.3) is 5.91 Å². The second-order valence-electron chi connectivity index (χ2n) is 6.70. The molecule has 1 aliphatic rings. The zero-order valence-corrected chi connectivity index (χ0v) is 18.8. The smallest absolute Gasteiger partial charge is 0.255 e. The molecule has 8 nitrogen and oxygen atoms in total. The molecule has 0 bridgehead atoms. The Hall–Kier alpha value is -3.46. The minimum absolute atomic E-state index is 0.332. The van der Waals surface area contributed by atoms with Gasteiger partial charge in [-0.15, -0.1) is 0 Å². The fourth-order valence-electron chi connectivity index (χ4n) is 3.39. The van der Waals surface area contributed by atoms with E-state index in [0.29, 0.717) is 50.6 Å². The zero-order chi connectivity index (χ0) is 22.5. The first-order valence-electron chi connectivity index (χ1n) is 9.45. The Morgan fingerprint density at radius 3 is 2.16 bits per heavy atom. The molecule has 2 aromatic rings. The van der Waals surface area contributed by atoms with Crippen molar-refractivity contribution in [1.82, 2.24) is 10.6 Å². The van der Waals surface area contributed by atoms with E-state index in [2.05, 4.69) is 16.0 Å². The predicted molar refractivity (Wildman–Crippen MR) is 122 cm³/mol. The third kappa shape index (κ3) is 4.66. The van der Waals surface area contributed by atoms with Crippen molar-refractivity contribution in [2.75, 3.05) is 33.8 Å². The summed E-state index contributed by atoms with van der Waals surface area (Å²) in [6, 6.07) is 10.0. The van der Waals surface area contributed by atoms with Crippen molar-refractivity contribution < 1.29 is 23.7 Å². The van der Waals surface area contributed by atoms with Gasteiger partial charge in [-0.25, -0.2) is 0 Å². The fraction of sp³-hybridized carbons (Fsp3) is 0.273. The summed E-state index contributed by atoms with van der Waals surface area (Å²) in [4.78, 5) is 13.4. The summed E-state index contributed by atoms with van der Waals surface area (Å²) in [7, 11) is 6.24. The lowest BCUT2D eigenvalue weighted by molar-refractivity contribution is -0.113. The van der Waals surface area contributed by atoms with Crippen molar-refractivity contribution in [2.45, 2.75) is 13.0 Å². The predicted octanol–water partition coefficient (Wildman–Crippen LogP) is 3.15. The van der Waals surface area contributed by atoms with Crippen LogP contribution in [0, 0.1) is 0 Å². The molecule has 31 heavy (non-hydrogen) atoms. The van der Waals surface area contributed by atoms with Crippen LogP contribution in [0.5, 0.6) is 23.0 Å². The Morgan fingerprint density at radius 2 is 1.55 bits per heavy atom. The maximum absolute atomic E-state index is 13.4. The average Bonchev–Trinajstić information content (AvgIpc) is 2.77. The molecule has 3 N–H and O–H groups in total. The van der Waals surface area contributed by atoms with Gasteiger partial charge >= 0.3 is 0 Å². The molecular weight excluding hydrogens is 418 g/mol. The number of anilines is 1. The summed E-state index contributed by atoms with van der Waals surface area (Å²) >= 11 is 5.35. The molecule has 0 saturated heterocycles. The van der Waals surface area contributed by atoms with E-state index in [4.69, 9.17) is 31.2 Å². The van der Waals surface area contributed by atoms with E-state index in [0.717, 1.165) is 0 Å². The molecule has 0 aromatic heterocycles. The van der Waals surface area contributed by atoms with Crippen molar-refractivity contribution in [2.24, 2.45) is 0 Å². The maximum atomic E-state index is 13.4. The minimum Gasteiger partial charge on any atom is -0.497 e. The quantitative estimate of drug-likeness (QED) is 0.563. The molecule has 164 valence electrons. The zero-order valence-electron chi connectivity index (χ0n) is 18.0. The van der Waals surface area contributed by atoms with Crippen LogP contribution in [0.4, 0.5) is 5.69 Å². The molecule has 0 saturated carbocycles. The van der Waals surface area contributed by atoms with Gasteiger partial charge in [-0.05, 0) is 49.5 Å². The van der Waals surface area contributed by atoms with E-state index in [1.807, 2.05) is 6.07 Å². The van der Waals surface area contributed by atoms with E-state index in [-0.39, 0.29) is 5.91 Å². The van der Waals surface area contributed by atoms with Crippen LogP contribution < -0.4 is 34.9 Å². The van der Waals surface area contributed by atoms with Gasteiger partial charge in [-0.3, -0.25) is 4.79 Å². The van der Waals surface area contributed by atoms with Crippen LogP contribution in [0.15, 0.2) is 47.7 Å². The van der Waals surface area contributed by atoms with Crippen LogP contribution in [0.2, 0.25) is 0 Å². The number of rotatable bonds is 7. The summed E-state index contributed by atoms with van der Waals surface area (Å²) < 4.78 is 21.6. The molecule has 0 aliphatic carbocycles. The highest BCUT2D eigenvalue weighted by atomic mass is 32.1. The maximum Gasteiger partial charge on any atom is 0.255 e. The number of hydrogen-bond donors (Lipinski definition) is 3. The van der Waals surface area contributed by atoms with Crippen molar-refractivity contribution in [1.29, 1.82) is 0 Å². The number of methoxy groups -OCH3 is 4. The van der Waals surface area contributed by atoms with Gasteiger partial charge in [0.15, 0.2) is 5.11 Å². The van der Waals surface area contributed by atoms with Gasteiger partial charge in [0.1, 0.15) is 23.0 Å². The van der Waals surface area contributed by atoms with Crippen LogP contribution >= 0.6 is 12.2 Å². The third-order valence-electron chi connectivity index (χ3n) is 4.92. The summed E-state index contributed by atoms with van der Waals surface area (Å²) in [5.74, 6) is 2.00. The van der Waals surface area contributed by atoms with E-state index < -0.39 is 6.04 Å². The highest BCUT2D eigenvalue weighted by Crippen LogP contribution is 2.37. The molecule has 1 atom stereocenters. The molecule has 3 rings (SSSR count). The number of carbonyl (C=O) groups is 1. The highest BCUT2D eigenvalue weighted by molar-refractivity contribution is 7.80. The average molecular weight is 444 g/mol. The Bertz CT molecular complexity index is 1040. The molecule has 0 unspecified atom stereocenters. The van der Waals surface area contributed by atoms with Gasteiger partial charge in [-0.2, -0.15) is 0 Å². The summed E-state index contributed by atoms with van der Waals surface area (Å²) in [5.41, 5.74) is 2.27. The highest BCUT2D eigenvalue weighted by Gasteiger charge is 2.32. The lowest BCUT2D eigenvalue weighted by atomic mass is 9.94. The van der Waals surface area contributed by atoms with E-state index in [1.165, 1.54) is 7.11 Å². The first kappa shape index (κ1) is 22.2. The van der Waals surface area contributed by atoms with Crippen molar-refractivity contribution in [3.63, 3.8) is 0 Å². The Morgan fingerprint density at radius 1 is 0.935 bits per heavy atom. The number of carbonyl (C=O) groups excluding carboxylic acids is 1.